The van der Waals surface area contributed by atoms with Crippen LogP contribution in [0.5, 0.6) is 0 Å². The van der Waals surface area contributed by atoms with Crippen molar-refractivity contribution in [3.8, 4) is 0 Å². The third-order valence-corrected chi connectivity index (χ3v) is 19.8. The van der Waals surface area contributed by atoms with E-state index >= 15 is 0 Å². The maximum Gasteiger partial charge on any atom is 0.305 e. The van der Waals surface area contributed by atoms with Crippen molar-refractivity contribution in [3.05, 3.63) is 146 Å². The van der Waals surface area contributed by atoms with Crippen LogP contribution in [-0.2, 0) is 71.6 Å². The molecule has 1 atom stereocenters. The Morgan fingerprint density at radius 1 is 0.262 bits per heavy atom. The van der Waals surface area contributed by atoms with E-state index in [9.17, 15) is 43.2 Å². The van der Waals surface area contributed by atoms with Gasteiger partial charge in [0.15, 0.2) is 0 Å². The Balaban J connectivity index is 5.83. The Bertz CT molecular complexity index is 2840. The standard InChI is InChI=1S/C102H169N5O15/c1-6-11-15-19-23-27-31-35-39-43-47-51-55-59-63-71-98(112)119-87-81-106(82-88-120-99(113)72-64-60-56-52-48-44-40-36-32-28-24-20-16-12-7-2)96(110)77-75-94(108)103-79-68-67-70-93(102(116)104-80-69-86-118-92-91-117-85-10-5)105-95(109)76-78-97(111)107(83-89-121-100(114)73-65-61-57-53-49-45-41-37-33-29-25-21-17-13-8-3)84-90-122-101(115)74-66-62-58-54-50-46-42-38-34-30-26-22-18-14-9-4/h11-18,23-30,35-42,93H,6-10,19-22,31-34,43-92H2,1-5H3,(H,103,108)(H,104,116)(H,105,109)/b15-11-,16-12-,17-13-,18-14-,27-23-,28-24-,29-25-,30-26-,39-35-,40-36-,41-37-,42-38-/t93-/m0/s1. The predicted molar refractivity (Wildman–Crippen MR) is 501 cm³/mol. The lowest BCUT2D eigenvalue weighted by Crippen LogP contribution is -2.47. The summed E-state index contributed by atoms with van der Waals surface area (Å²) in [5.41, 5.74) is 0. The minimum Gasteiger partial charge on any atom is -0.464 e. The highest BCUT2D eigenvalue weighted by molar-refractivity contribution is 5.89. The minimum atomic E-state index is -0.974. The van der Waals surface area contributed by atoms with E-state index in [4.69, 9.17) is 28.4 Å². The van der Waals surface area contributed by atoms with Crippen molar-refractivity contribution in [2.24, 2.45) is 0 Å². The van der Waals surface area contributed by atoms with Crippen LogP contribution in [0.3, 0.4) is 0 Å². The summed E-state index contributed by atoms with van der Waals surface area (Å²) in [6.07, 6.45) is 90.6. The summed E-state index contributed by atoms with van der Waals surface area (Å²) in [6, 6.07) is -0.974. The van der Waals surface area contributed by atoms with Gasteiger partial charge < -0.3 is 54.2 Å². The fourth-order valence-corrected chi connectivity index (χ4v) is 12.7. The molecule has 692 valence electrons. The number of ether oxygens (including phenoxy) is 6. The van der Waals surface area contributed by atoms with Crippen LogP contribution in [0.1, 0.15) is 349 Å². The quantitative estimate of drug-likeness (QED) is 0.0222. The van der Waals surface area contributed by atoms with Crippen molar-refractivity contribution in [1.82, 2.24) is 25.8 Å². The molecule has 122 heavy (non-hydrogen) atoms. The first kappa shape index (κ1) is 114. The molecule has 0 spiro atoms. The van der Waals surface area contributed by atoms with Crippen LogP contribution < -0.4 is 16.0 Å². The molecular weight excluding hydrogens is 1540 g/mol. The summed E-state index contributed by atoms with van der Waals surface area (Å²) in [7, 11) is 0. The number of carbonyl (C=O) groups is 9. The van der Waals surface area contributed by atoms with Gasteiger partial charge in [-0.1, -0.05) is 257 Å². The highest BCUT2D eigenvalue weighted by Crippen LogP contribution is 2.15. The number of hydrogen-bond acceptors (Lipinski definition) is 15. The van der Waals surface area contributed by atoms with Gasteiger partial charge in [-0.25, -0.2) is 0 Å². The molecule has 20 heteroatoms. The van der Waals surface area contributed by atoms with Crippen LogP contribution in [0.4, 0.5) is 0 Å². The number of esters is 4. The van der Waals surface area contributed by atoms with Gasteiger partial charge in [-0.2, -0.15) is 0 Å². The summed E-state index contributed by atoms with van der Waals surface area (Å²) in [6.45, 7) is 12.9. The van der Waals surface area contributed by atoms with Crippen molar-refractivity contribution in [3.63, 3.8) is 0 Å². The van der Waals surface area contributed by atoms with Crippen molar-refractivity contribution >= 4 is 53.4 Å². The smallest absolute Gasteiger partial charge is 0.305 e. The zero-order valence-electron chi connectivity index (χ0n) is 77.0. The number of rotatable bonds is 86. The van der Waals surface area contributed by atoms with Crippen molar-refractivity contribution < 1.29 is 71.6 Å². The second-order valence-corrected chi connectivity index (χ2v) is 30.9. The van der Waals surface area contributed by atoms with Crippen molar-refractivity contribution in [2.45, 2.75) is 355 Å². The van der Waals surface area contributed by atoms with Gasteiger partial charge in [0.25, 0.3) is 0 Å². The monoisotopic (exact) mass is 1700 g/mol. The number of carbonyl (C=O) groups excluding carboxylic acids is 9. The Morgan fingerprint density at radius 3 is 0.877 bits per heavy atom. The summed E-state index contributed by atoms with van der Waals surface area (Å²) in [5, 5.41) is 8.63. The van der Waals surface area contributed by atoms with Crippen molar-refractivity contribution in [1.29, 1.82) is 0 Å². The number of nitrogens with one attached hydrogen (secondary N) is 3. The van der Waals surface area contributed by atoms with Gasteiger partial charge in [0.05, 0.1) is 39.4 Å². The molecule has 3 N–H and O–H groups in total. The van der Waals surface area contributed by atoms with E-state index in [1.54, 1.807) is 0 Å². The molecule has 0 saturated heterocycles. The van der Waals surface area contributed by atoms with Crippen LogP contribution in [0.15, 0.2) is 146 Å². The molecule has 0 aliphatic rings. The zero-order chi connectivity index (χ0) is 88.8. The molecule has 0 radical (unpaired) electrons. The fraction of sp³-hybridized carbons (Fsp3) is 0.676. The van der Waals surface area contributed by atoms with Crippen molar-refractivity contribution in [2.75, 3.05) is 92.1 Å². The van der Waals surface area contributed by atoms with Gasteiger partial charge in [0, 0.05) is 77.7 Å². The molecule has 0 aliphatic carbocycles. The first-order valence-corrected chi connectivity index (χ1v) is 47.8. The molecule has 0 rings (SSSR count). The molecule has 5 amide bonds. The van der Waals surface area contributed by atoms with E-state index < -0.39 is 23.8 Å². The fourth-order valence-electron chi connectivity index (χ4n) is 12.7. The second-order valence-electron chi connectivity index (χ2n) is 30.9. The molecule has 0 aromatic carbocycles. The number of nitrogens with zero attached hydrogens (tertiary/aromatic N) is 2. The first-order chi connectivity index (χ1) is 59.8. The molecule has 0 aromatic heterocycles. The molecule has 0 heterocycles. The molecule has 0 aromatic rings. The SMILES string of the molecule is CC/C=C\C/C=C\C/C=C\CCCCCCCC(=O)OCCN(CCOC(=O)CCCCCCC/C=C\C/C=C\C/C=C\CC)C(=O)CCC(=O)NCCCC[C@H](NC(=O)CCC(=O)N(CCOC(=O)CCCCCCC/C=C\C/C=C\C/C=C\CC)CCOC(=O)CCCCCCC/C=C\C/C=C\C/C=C\CC)C(=O)NCCCOCCOCCC. The Kier molecular flexibility index (Phi) is 86.2. The topological polar surface area (TPSA) is 252 Å². The Hall–Kier alpha value is -7.97. The van der Waals surface area contributed by atoms with E-state index in [2.05, 4.69) is 189 Å². The zero-order valence-corrected chi connectivity index (χ0v) is 77.0. The summed E-state index contributed by atoms with van der Waals surface area (Å²) >= 11 is 0. The van der Waals surface area contributed by atoms with Gasteiger partial charge in [-0.15, -0.1) is 0 Å². The van der Waals surface area contributed by atoms with Crippen LogP contribution >= 0.6 is 0 Å². The normalized spacial score (nSPS) is 12.3. The second kappa shape index (κ2) is 92.2. The highest BCUT2D eigenvalue weighted by atomic mass is 16.5. The third-order valence-electron chi connectivity index (χ3n) is 19.8. The first-order valence-electron chi connectivity index (χ1n) is 47.8. The van der Waals surface area contributed by atoms with E-state index in [0.29, 0.717) is 71.4 Å². The van der Waals surface area contributed by atoms with Gasteiger partial charge in [0.2, 0.25) is 29.5 Å². The lowest BCUT2D eigenvalue weighted by molar-refractivity contribution is -0.148. The summed E-state index contributed by atoms with van der Waals surface area (Å²) < 4.78 is 33.6. The number of hydrogen-bond donors (Lipinski definition) is 3. The molecule has 0 unspecified atom stereocenters. The maximum absolute atomic E-state index is 14.0. The summed E-state index contributed by atoms with van der Waals surface area (Å²) in [4.78, 5) is 123. The largest absolute Gasteiger partial charge is 0.464 e. The van der Waals surface area contributed by atoms with Crippen LogP contribution in [0.2, 0.25) is 0 Å². The molecule has 0 bridgehead atoms. The summed E-state index contributed by atoms with van der Waals surface area (Å²) in [5.74, 6) is -3.48. The lowest BCUT2D eigenvalue weighted by Gasteiger charge is -2.23. The average Bonchev–Trinajstić information content (AvgIpc) is 0.915. The minimum absolute atomic E-state index is 0.0301. The highest BCUT2D eigenvalue weighted by Gasteiger charge is 2.24. The van der Waals surface area contributed by atoms with Crippen LogP contribution in [0.25, 0.3) is 0 Å². The maximum atomic E-state index is 14.0. The predicted octanol–water partition coefficient (Wildman–Crippen LogP) is 22.5. The molecule has 0 aliphatic heterocycles. The van der Waals surface area contributed by atoms with Gasteiger partial charge in [-0.3, -0.25) is 43.2 Å². The number of unbranched alkanes of at least 4 members (excludes halogenated alkanes) is 21. The van der Waals surface area contributed by atoms with E-state index in [1.165, 1.54) is 9.80 Å². The average molecular weight is 1710 g/mol. The van der Waals surface area contributed by atoms with E-state index in [0.717, 1.165) is 212 Å². The van der Waals surface area contributed by atoms with Crippen LogP contribution in [0, 0.1) is 0 Å². The van der Waals surface area contributed by atoms with Gasteiger partial charge in [-0.05, 0) is 186 Å². The lowest BCUT2D eigenvalue weighted by atomic mass is 10.1. The molecule has 0 saturated carbocycles. The molecular formula is C102H169N5O15. The third kappa shape index (κ3) is 83.0. The Labute approximate surface area is 740 Å². The van der Waals surface area contributed by atoms with E-state index in [1.807, 2.05) is 6.92 Å². The van der Waals surface area contributed by atoms with Crippen LogP contribution in [-0.4, -0.2) is 161 Å². The molecule has 0 fully saturated rings. The number of amides is 5. The number of allylic oxidation sites excluding steroid dienone is 24. The van der Waals surface area contributed by atoms with Gasteiger partial charge in [0.1, 0.15) is 32.5 Å². The van der Waals surface area contributed by atoms with Gasteiger partial charge >= 0.3 is 23.9 Å². The Morgan fingerprint density at radius 2 is 0.549 bits per heavy atom. The molecule has 20 nitrogen and oxygen atoms in total. The van der Waals surface area contributed by atoms with E-state index in [-0.39, 0.29) is 159 Å².